The molecular formula is C36H69N4NaO7S. The summed E-state index contributed by atoms with van der Waals surface area (Å²) in [5.74, 6) is -2.08. The van der Waals surface area contributed by atoms with Gasteiger partial charge in [0.2, 0.25) is 17.7 Å². The Morgan fingerprint density at radius 2 is 1.08 bits per heavy atom. The minimum absolute atomic E-state index is 0. The van der Waals surface area contributed by atoms with Gasteiger partial charge in [0.25, 0.3) is 10.1 Å². The first-order valence-electron chi connectivity index (χ1n) is 19.1. The third kappa shape index (κ3) is 36.4. The second-order valence-electron chi connectivity index (χ2n) is 13.1. The van der Waals surface area contributed by atoms with Crippen LogP contribution < -0.4 is 50.6 Å². The van der Waals surface area contributed by atoms with Crippen molar-refractivity contribution in [3.05, 3.63) is 0 Å². The van der Waals surface area contributed by atoms with E-state index in [1.807, 2.05) is 0 Å². The molecule has 0 fully saturated rings. The third-order valence-corrected chi connectivity index (χ3v) is 9.12. The number of hydrogen-bond donors (Lipinski definition) is 4. The van der Waals surface area contributed by atoms with Crippen molar-refractivity contribution in [2.45, 2.75) is 180 Å². The third-order valence-electron chi connectivity index (χ3n) is 8.43. The van der Waals surface area contributed by atoms with Gasteiger partial charge in [0, 0.05) is 25.9 Å². The van der Waals surface area contributed by atoms with Gasteiger partial charge < -0.3 is 26.0 Å². The van der Waals surface area contributed by atoms with E-state index < -0.39 is 33.7 Å². The normalized spacial score (nSPS) is 12.3. The zero-order chi connectivity index (χ0) is 35.7. The zero-order valence-corrected chi connectivity index (χ0v) is 34.2. The summed E-state index contributed by atoms with van der Waals surface area (Å²) in [7, 11) is -4.20. The average Bonchev–Trinajstić information content (AvgIpc) is 3.03. The number of rotatable bonds is 34. The van der Waals surface area contributed by atoms with Gasteiger partial charge in [0.1, 0.15) is 6.04 Å². The Balaban J connectivity index is 0. The summed E-state index contributed by atoms with van der Waals surface area (Å²) < 4.78 is 30.3. The Morgan fingerprint density at radius 3 is 1.55 bits per heavy atom. The Bertz CT molecular complexity index is 967. The predicted octanol–water partition coefficient (Wildman–Crippen LogP) is 3.15. The van der Waals surface area contributed by atoms with E-state index in [-0.39, 0.29) is 80.0 Å². The van der Waals surface area contributed by atoms with Crippen molar-refractivity contribution < 1.29 is 62.0 Å². The van der Waals surface area contributed by atoms with Crippen LogP contribution in [0.1, 0.15) is 174 Å². The van der Waals surface area contributed by atoms with Crippen LogP contribution in [0.2, 0.25) is 0 Å². The van der Waals surface area contributed by atoms with Crippen LogP contribution in [0.15, 0.2) is 4.99 Å². The molecule has 1 atom stereocenters. The number of hydrogen-bond acceptors (Lipinski definition) is 7. The van der Waals surface area contributed by atoms with Crippen molar-refractivity contribution in [1.82, 2.24) is 16.0 Å². The Hall–Kier alpha value is -1.21. The van der Waals surface area contributed by atoms with Gasteiger partial charge in [-0.25, -0.2) is 0 Å². The van der Waals surface area contributed by atoms with Gasteiger partial charge in [-0.05, 0) is 38.0 Å². The molecule has 0 aliphatic carbocycles. The molecule has 1 unspecified atom stereocenters. The van der Waals surface area contributed by atoms with Gasteiger partial charge in [-0.3, -0.25) is 18.9 Å². The van der Waals surface area contributed by atoms with Crippen molar-refractivity contribution in [3.8, 4) is 0 Å². The fraction of sp³-hybridized carbons (Fsp3) is 0.889. The molecule has 49 heavy (non-hydrogen) atoms. The van der Waals surface area contributed by atoms with Crippen LogP contribution in [0.25, 0.3) is 0 Å². The average molecular weight is 725 g/mol. The number of nitrogens with zero attached hydrogens (tertiary/aromatic N) is 1. The van der Waals surface area contributed by atoms with Crippen LogP contribution in [0, 0.1) is 0 Å². The zero-order valence-electron chi connectivity index (χ0n) is 31.3. The number of amides is 3. The smallest absolute Gasteiger partial charge is 0.862 e. The standard InChI is InChI=1S/C36H70N4O7S.Na/c1-3-5-7-9-11-13-15-17-19-21-28-37-34(42)27-26-32(36(44)39-29-22-20-18-16-14-12-10-8-6-4-2)40-35(43)25-23-24-33(41)38-30-31-48(45,46)47;/h32H,3-31H2,1-2H3,(H,37,42)(H,38,41)(H,39,44)(H,40,43)(H,45,46,47);/q;+1/p-1. The molecule has 0 aliphatic heterocycles. The maximum absolute atomic E-state index is 13.0. The molecule has 3 amide bonds. The van der Waals surface area contributed by atoms with Crippen LogP contribution in [-0.4, -0.2) is 68.0 Å². The summed E-state index contributed by atoms with van der Waals surface area (Å²) in [6.07, 6.45) is 24.5. The molecule has 13 heteroatoms. The maximum Gasteiger partial charge on any atom is 1.00 e. The van der Waals surface area contributed by atoms with E-state index in [0.29, 0.717) is 13.1 Å². The summed E-state index contributed by atoms with van der Waals surface area (Å²) in [6, 6.07) is -0.862. The van der Waals surface area contributed by atoms with Crippen molar-refractivity contribution in [2.24, 2.45) is 4.99 Å². The molecule has 0 saturated heterocycles. The maximum atomic E-state index is 13.0. The molecule has 0 radical (unpaired) electrons. The van der Waals surface area contributed by atoms with Gasteiger partial charge >= 0.3 is 29.6 Å². The molecule has 11 nitrogen and oxygen atoms in total. The molecule has 0 rings (SSSR count). The van der Waals surface area contributed by atoms with E-state index in [0.717, 1.165) is 32.1 Å². The number of carbonyl (C=O) groups excluding carboxylic acids is 3. The second-order valence-corrected chi connectivity index (χ2v) is 14.7. The fourth-order valence-corrected chi connectivity index (χ4v) is 5.77. The van der Waals surface area contributed by atoms with Gasteiger partial charge in [0.05, 0.1) is 12.3 Å². The van der Waals surface area contributed by atoms with Crippen LogP contribution in [0.4, 0.5) is 0 Å². The monoisotopic (exact) mass is 724 g/mol. The molecule has 0 aromatic carbocycles. The number of aliphatic imine (C=N–C) groups is 1. The number of nitrogens with one attached hydrogen (secondary N) is 3. The predicted molar refractivity (Wildman–Crippen MR) is 193 cm³/mol. The van der Waals surface area contributed by atoms with Crippen molar-refractivity contribution in [1.29, 1.82) is 0 Å². The topological polar surface area (TPSA) is 177 Å². The van der Waals surface area contributed by atoms with Crippen LogP contribution in [0.3, 0.4) is 0 Å². The second kappa shape index (κ2) is 35.2. The first-order chi connectivity index (χ1) is 23.1. The molecule has 0 aliphatic rings. The van der Waals surface area contributed by atoms with Crippen LogP contribution >= 0.6 is 0 Å². The summed E-state index contributed by atoms with van der Waals surface area (Å²) in [5.41, 5.74) is 0. The molecule has 0 aromatic rings. The van der Waals surface area contributed by atoms with Gasteiger partial charge in [-0.2, -0.15) is 8.42 Å². The number of carbonyl (C=O) groups is 3. The van der Waals surface area contributed by atoms with Crippen molar-refractivity contribution in [2.75, 3.05) is 25.4 Å². The Labute approximate surface area is 320 Å². The van der Waals surface area contributed by atoms with Gasteiger partial charge in [-0.1, -0.05) is 129 Å². The molecule has 0 bridgehead atoms. The Morgan fingerprint density at radius 1 is 0.633 bits per heavy atom. The molecule has 0 saturated carbocycles. The summed E-state index contributed by atoms with van der Waals surface area (Å²) in [5, 5.41) is 20.4. The molecule has 0 spiro atoms. The minimum Gasteiger partial charge on any atom is -0.862 e. The fourth-order valence-electron chi connectivity index (χ4n) is 5.45. The van der Waals surface area contributed by atoms with Crippen LogP contribution in [0.5, 0.6) is 0 Å². The van der Waals surface area contributed by atoms with E-state index in [1.165, 1.54) is 96.3 Å². The summed E-state index contributed by atoms with van der Waals surface area (Å²) in [4.78, 5) is 41.7. The quantitative estimate of drug-likeness (QED) is 0.0259. The minimum atomic E-state index is -4.20. The van der Waals surface area contributed by atoms with Crippen molar-refractivity contribution in [3.63, 3.8) is 0 Å². The molecule has 282 valence electrons. The largest absolute Gasteiger partial charge is 1.00 e. The summed E-state index contributed by atoms with van der Waals surface area (Å²) >= 11 is 0. The van der Waals surface area contributed by atoms with E-state index in [2.05, 4.69) is 34.8 Å². The van der Waals surface area contributed by atoms with Crippen LogP contribution in [-0.2, 0) is 24.5 Å². The summed E-state index contributed by atoms with van der Waals surface area (Å²) in [6.45, 7) is 5.21. The first kappa shape index (κ1) is 49.9. The SMILES string of the molecule is CCCCCCCCCCCCNC(=O)CCC(NC(=O)CCCC([O-])=NCCS(=O)(=O)O)C(=O)NCCCCCCCCCCCC.[Na+]. The molecule has 4 N–H and O–H groups in total. The van der Waals surface area contributed by atoms with E-state index in [4.69, 9.17) is 4.55 Å². The Kier molecular flexibility index (Phi) is 35.9. The molecular weight excluding hydrogens is 655 g/mol. The van der Waals surface area contributed by atoms with E-state index in [9.17, 15) is 27.9 Å². The van der Waals surface area contributed by atoms with E-state index in [1.54, 1.807) is 0 Å². The van der Waals surface area contributed by atoms with E-state index >= 15 is 0 Å². The molecule has 0 aromatic heterocycles. The molecule has 0 heterocycles. The van der Waals surface area contributed by atoms with Gasteiger partial charge in [-0.15, -0.1) is 0 Å². The van der Waals surface area contributed by atoms with Gasteiger partial charge in [0.15, 0.2) is 0 Å². The number of unbranched alkanes of at least 4 members (excludes halogenated alkanes) is 18. The van der Waals surface area contributed by atoms with Crippen molar-refractivity contribution >= 4 is 33.7 Å². The first-order valence-corrected chi connectivity index (χ1v) is 20.7.